The monoisotopic (exact) mass is 372 g/mol. The van der Waals surface area contributed by atoms with E-state index in [0.29, 0.717) is 23.3 Å². The van der Waals surface area contributed by atoms with E-state index in [4.69, 9.17) is 21.7 Å². The van der Waals surface area contributed by atoms with Crippen molar-refractivity contribution >= 4 is 23.0 Å². The highest BCUT2D eigenvalue weighted by molar-refractivity contribution is 7.80. The predicted octanol–water partition coefficient (Wildman–Crippen LogP) is 4.06. The van der Waals surface area contributed by atoms with Crippen LogP contribution in [0.5, 0.6) is 11.5 Å². The van der Waals surface area contributed by atoms with E-state index in [1.165, 1.54) is 0 Å². The minimum absolute atomic E-state index is 0.0552. The molecule has 0 bridgehead atoms. The Bertz CT molecular complexity index is 811. The van der Waals surface area contributed by atoms with Gasteiger partial charge in [0.2, 0.25) is 6.79 Å². The maximum atomic E-state index is 13.8. The Hall–Kier alpha value is -2.55. The summed E-state index contributed by atoms with van der Waals surface area (Å²) in [4.78, 5) is 0. The smallest absolute Gasteiger partial charge is 0.416 e. The quantitative estimate of drug-likeness (QED) is 0.628. The van der Waals surface area contributed by atoms with E-state index in [-0.39, 0.29) is 24.0 Å². The number of nitrogens with one attached hydrogen (secondary N) is 2. The van der Waals surface area contributed by atoms with Crippen molar-refractivity contribution in [1.29, 1.82) is 0 Å². The van der Waals surface area contributed by atoms with Gasteiger partial charge in [0.1, 0.15) is 5.82 Å². The average molecular weight is 372 g/mol. The third-order valence-corrected chi connectivity index (χ3v) is 3.70. The van der Waals surface area contributed by atoms with Gasteiger partial charge in [-0.2, -0.15) is 13.2 Å². The number of alkyl halides is 3. The van der Waals surface area contributed by atoms with Crippen LogP contribution in [0.4, 0.5) is 23.2 Å². The number of fused-ring (bicyclic) bond motifs is 1. The molecule has 2 aromatic carbocycles. The lowest BCUT2D eigenvalue weighted by atomic mass is 10.1. The Kier molecular flexibility index (Phi) is 4.67. The first kappa shape index (κ1) is 17.3. The number of hydrogen-bond donors (Lipinski definition) is 2. The van der Waals surface area contributed by atoms with Gasteiger partial charge in [0.25, 0.3) is 0 Å². The zero-order valence-electron chi connectivity index (χ0n) is 12.6. The van der Waals surface area contributed by atoms with Crippen molar-refractivity contribution in [3.8, 4) is 11.5 Å². The van der Waals surface area contributed by atoms with Gasteiger partial charge in [-0.25, -0.2) is 4.39 Å². The van der Waals surface area contributed by atoms with E-state index in [2.05, 4.69) is 10.6 Å². The molecule has 0 atom stereocenters. The molecular weight excluding hydrogens is 360 g/mol. The molecule has 25 heavy (non-hydrogen) atoms. The van der Waals surface area contributed by atoms with Gasteiger partial charge in [-0.15, -0.1) is 0 Å². The molecule has 2 aromatic rings. The van der Waals surface area contributed by atoms with Crippen molar-refractivity contribution in [2.24, 2.45) is 0 Å². The molecule has 0 amide bonds. The summed E-state index contributed by atoms with van der Waals surface area (Å²) in [7, 11) is 0. The third-order valence-electron chi connectivity index (χ3n) is 3.45. The maximum absolute atomic E-state index is 13.8. The molecule has 132 valence electrons. The van der Waals surface area contributed by atoms with Gasteiger partial charge in [0, 0.05) is 23.9 Å². The standard InChI is InChI=1S/C16H12F4N2O2S/c17-12-5-10(16(18,19)20)2-1-9(12)7-21-15(25)22-11-3-4-13-14(6-11)24-8-23-13/h1-6H,7-8H2,(H2,21,22,25). The van der Waals surface area contributed by atoms with Gasteiger partial charge < -0.3 is 20.1 Å². The van der Waals surface area contributed by atoms with Crippen LogP contribution in [0, 0.1) is 5.82 Å². The highest BCUT2D eigenvalue weighted by Gasteiger charge is 2.31. The third kappa shape index (κ3) is 4.11. The largest absolute Gasteiger partial charge is 0.454 e. The summed E-state index contributed by atoms with van der Waals surface area (Å²) >= 11 is 5.09. The number of hydrogen-bond acceptors (Lipinski definition) is 3. The second-order valence-electron chi connectivity index (χ2n) is 5.18. The zero-order chi connectivity index (χ0) is 18.0. The molecule has 1 heterocycles. The highest BCUT2D eigenvalue weighted by atomic mass is 32.1. The van der Waals surface area contributed by atoms with Crippen molar-refractivity contribution < 1.29 is 27.0 Å². The molecular formula is C16H12F4N2O2S. The number of ether oxygens (including phenoxy) is 2. The van der Waals surface area contributed by atoms with E-state index in [1.807, 2.05) is 0 Å². The summed E-state index contributed by atoms with van der Waals surface area (Å²) < 4.78 is 61.8. The molecule has 0 aromatic heterocycles. The lowest BCUT2D eigenvalue weighted by Crippen LogP contribution is -2.28. The maximum Gasteiger partial charge on any atom is 0.416 e. The fourth-order valence-corrected chi connectivity index (χ4v) is 2.38. The topological polar surface area (TPSA) is 42.5 Å². The SMILES string of the molecule is Fc1cc(C(F)(F)F)ccc1CNC(=S)Nc1ccc2c(c1)OCO2. The summed E-state index contributed by atoms with van der Waals surface area (Å²) in [5, 5.41) is 5.81. The highest BCUT2D eigenvalue weighted by Crippen LogP contribution is 2.34. The number of rotatable bonds is 3. The molecule has 1 aliphatic heterocycles. The number of thiocarbonyl (C=S) groups is 1. The minimum Gasteiger partial charge on any atom is -0.454 e. The van der Waals surface area contributed by atoms with Crippen molar-refractivity contribution in [3.63, 3.8) is 0 Å². The van der Waals surface area contributed by atoms with Gasteiger partial charge in [-0.05, 0) is 36.5 Å². The number of benzene rings is 2. The summed E-state index contributed by atoms with van der Waals surface area (Å²) in [6.07, 6.45) is -4.58. The van der Waals surface area contributed by atoms with Crippen LogP contribution in [0.1, 0.15) is 11.1 Å². The summed E-state index contributed by atoms with van der Waals surface area (Å²) in [6.45, 7) is 0.0923. The van der Waals surface area contributed by atoms with E-state index in [0.717, 1.165) is 12.1 Å². The van der Waals surface area contributed by atoms with Crippen LogP contribution in [0.25, 0.3) is 0 Å². The Labute approximate surface area is 145 Å². The fraction of sp³-hybridized carbons (Fsp3) is 0.188. The van der Waals surface area contributed by atoms with E-state index in [9.17, 15) is 17.6 Å². The molecule has 0 saturated heterocycles. The van der Waals surface area contributed by atoms with Crippen molar-refractivity contribution in [1.82, 2.24) is 5.32 Å². The molecule has 0 unspecified atom stereocenters. The fourth-order valence-electron chi connectivity index (χ4n) is 2.19. The minimum atomic E-state index is -4.58. The molecule has 3 rings (SSSR count). The summed E-state index contributed by atoms with van der Waals surface area (Å²) in [5.74, 6) is 0.242. The second-order valence-corrected chi connectivity index (χ2v) is 5.59. The second kappa shape index (κ2) is 6.75. The molecule has 0 aliphatic carbocycles. The van der Waals surface area contributed by atoms with Crippen LogP contribution < -0.4 is 20.1 Å². The van der Waals surface area contributed by atoms with Crippen LogP contribution >= 0.6 is 12.2 Å². The first-order valence-electron chi connectivity index (χ1n) is 7.13. The Morgan fingerprint density at radius 3 is 2.56 bits per heavy atom. The Morgan fingerprint density at radius 2 is 1.84 bits per heavy atom. The normalized spacial score (nSPS) is 12.8. The average Bonchev–Trinajstić information content (AvgIpc) is 3.00. The summed E-state index contributed by atoms with van der Waals surface area (Å²) in [6, 6.07) is 7.49. The van der Waals surface area contributed by atoms with E-state index < -0.39 is 17.6 Å². The van der Waals surface area contributed by atoms with Crippen molar-refractivity contribution in [3.05, 3.63) is 53.3 Å². The first-order chi connectivity index (χ1) is 11.8. The Morgan fingerprint density at radius 1 is 1.08 bits per heavy atom. The molecule has 0 fully saturated rings. The zero-order valence-corrected chi connectivity index (χ0v) is 13.4. The van der Waals surface area contributed by atoms with Crippen LogP contribution in [-0.2, 0) is 12.7 Å². The lowest BCUT2D eigenvalue weighted by molar-refractivity contribution is -0.137. The van der Waals surface area contributed by atoms with Gasteiger partial charge in [-0.3, -0.25) is 0 Å². The first-order valence-corrected chi connectivity index (χ1v) is 7.54. The Balaban J connectivity index is 1.59. The van der Waals surface area contributed by atoms with Crippen LogP contribution in [0.2, 0.25) is 0 Å². The predicted molar refractivity (Wildman–Crippen MR) is 87.0 cm³/mol. The van der Waals surface area contributed by atoms with Crippen LogP contribution in [0.3, 0.4) is 0 Å². The molecule has 9 heteroatoms. The summed E-state index contributed by atoms with van der Waals surface area (Å²) in [5.41, 5.74) is -0.327. The number of halogens is 4. The van der Waals surface area contributed by atoms with Gasteiger partial charge in [-0.1, -0.05) is 6.07 Å². The van der Waals surface area contributed by atoms with Crippen molar-refractivity contribution in [2.75, 3.05) is 12.1 Å². The van der Waals surface area contributed by atoms with Gasteiger partial charge in [0.05, 0.1) is 5.56 Å². The molecule has 4 nitrogen and oxygen atoms in total. The lowest BCUT2D eigenvalue weighted by Gasteiger charge is -2.13. The molecule has 1 aliphatic rings. The molecule has 0 saturated carbocycles. The van der Waals surface area contributed by atoms with Crippen molar-refractivity contribution in [2.45, 2.75) is 12.7 Å². The molecule has 0 spiro atoms. The number of anilines is 1. The van der Waals surface area contributed by atoms with Gasteiger partial charge in [0.15, 0.2) is 16.6 Å². The van der Waals surface area contributed by atoms with E-state index in [1.54, 1.807) is 18.2 Å². The van der Waals surface area contributed by atoms with Crippen LogP contribution in [-0.4, -0.2) is 11.9 Å². The molecule has 2 N–H and O–H groups in total. The van der Waals surface area contributed by atoms with E-state index >= 15 is 0 Å². The van der Waals surface area contributed by atoms with Gasteiger partial charge >= 0.3 is 6.18 Å². The molecule has 0 radical (unpaired) electrons. The van der Waals surface area contributed by atoms with Crippen LogP contribution in [0.15, 0.2) is 36.4 Å².